The minimum absolute atomic E-state index is 0.0919. The summed E-state index contributed by atoms with van der Waals surface area (Å²) in [4.78, 5) is 9.36. The molecule has 1 atom stereocenters. The van der Waals surface area contributed by atoms with E-state index in [1.165, 1.54) is 37.7 Å². The molecule has 0 N–H and O–H groups in total. The van der Waals surface area contributed by atoms with Crippen molar-refractivity contribution in [2.75, 3.05) is 0 Å². The Morgan fingerprint density at radius 2 is 2.05 bits per heavy atom. The summed E-state index contributed by atoms with van der Waals surface area (Å²) in [5.41, 5.74) is 3.51. The van der Waals surface area contributed by atoms with Crippen molar-refractivity contribution in [3.8, 4) is 0 Å². The molecule has 3 rings (SSSR count). The van der Waals surface area contributed by atoms with Gasteiger partial charge in [-0.05, 0) is 43.7 Å². The zero-order chi connectivity index (χ0) is 15.0. The number of hydrogen-bond donors (Lipinski definition) is 0. The molecule has 3 nitrogen and oxygen atoms in total. The SMILES string of the molecule is Cc1ccnc2c1nc(C(C)Cl)n2CC1(C)CCCCC1. The summed E-state index contributed by atoms with van der Waals surface area (Å²) in [6.45, 7) is 7.47. The first-order valence-electron chi connectivity index (χ1n) is 7.96. The Morgan fingerprint density at radius 3 is 2.71 bits per heavy atom. The van der Waals surface area contributed by atoms with E-state index in [0.29, 0.717) is 5.41 Å². The van der Waals surface area contributed by atoms with Crippen molar-refractivity contribution < 1.29 is 0 Å². The summed E-state index contributed by atoms with van der Waals surface area (Å²) in [5, 5.41) is -0.0919. The van der Waals surface area contributed by atoms with Gasteiger partial charge in [0.05, 0.1) is 5.38 Å². The molecule has 0 radical (unpaired) electrons. The van der Waals surface area contributed by atoms with E-state index < -0.39 is 0 Å². The Morgan fingerprint density at radius 1 is 1.33 bits per heavy atom. The fraction of sp³-hybridized carbons (Fsp3) is 0.647. The van der Waals surface area contributed by atoms with E-state index in [9.17, 15) is 0 Å². The molecule has 0 aromatic carbocycles. The van der Waals surface area contributed by atoms with Gasteiger partial charge in [-0.15, -0.1) is 11.6 Å². The number of hydrogen-bond acceptors (Lipinski definition) is 2. The van der Waals surface area contributed by atoms with Crippen LogP contribution in [-0.4, -0.2) is 14.5 Å². The number of pyridine rings is 1. The summed E-state index contributed by atoms with van der Waals surface area (Å²) in [6.07, 6.45) is 8.49. The van der Waals surface area contributed by atoms with E-state index in [1.807, 2.05) is 19.2 Å². The summed E-state index contributed by atoms with van der Waals surface area (Å²) in [5.74, 6) is 0.959. The maximum absolute atomic E-state index is 6.38. The average Bonchev–Trinajstić information content (AvgIpc) is 2.80. The van der Waals surface area contributed by atoms with Crippen molar-refractivity contribution in [2.24, 2.45) is 5.41 Å². The van der Waals surface area contributed by atoms with Gasteiger partial charge in [0.15, 0.2) is 5.65 Å². The summed E-state index contributed by atoms with van der Waals surface area (Å²) >= 11 is 6.38. The van der Waals surface area contributed by atoms with Crippen LogP contribution in [0.15, 0.2) is 12.3 Å². The average molecular weight is 306 g/mol. The molecule has 2 heterocycles. The number of fused-ring (bicyclic) bond motifs is 1. The van der Waals surface area contributed by atoms with Gasteiger partial charge >= 0.3 is 0 Å². The highest BCUT2D eigenvalue weighted by molar-refractivity contribution is 6.20. The number of halogens is 1. The molecule has 2 aromatic heterocycles. The Balaban J connectivity index is 2.07. The molecule has 1 aliphatic rings. The summed E-state index contributed by atoms with van der Waals surface area (Å²) in [6, 6.07) is 2.02. The van der Waals surface area contributed by atoms with Crippen LogP contribution < -0.4 is 0 Å². The third-order valence-electron chi connectivity index (χ3n) is 4.82. The molecule has 2 aromatic rings. The Kier molecular flexibility index (Phi) is 3.96. The van der Waals surface area contributed by atoms with Gasteiger partial charge in [0, 0.05) is 12.7 Å². The van der Waals surface area contributed by atoms with E-state index >= 15 is 0 Å². The highest BCUT2D eigenvalue weighted by atomic mass is 35.5. The molecule has 1 fully saturated rings. The largest absolute Gasteiger partial charge is 0.311 e. The lowest BCUT2D eigenvalue weighted by Gasteiger charge is -2.34. The van der Waals surface area contributed by atoms with E-state index in [-0.39, 0.29) is 5.38 Å². The Bertz CT molecular complexity index is 639. The van der Waals surface area contributed by atoms with Crippen molar-refractivity contribution in [3.63, 3.8) is 0 Å². The minimum Gasteiger partial charge on any atom is -0.311 e. The van der Waals surface area contributed by atoms with Crippen LogP contribution in [0.3, 0.4) is 0 Å². The van der Waals surface area contributed by atoms with Gasteiger partial charge in [-0.2, -0.15) is 0 Å². The molecule has 0 bridgehead atoms. The van der Waals surface area contributed by atoms with Gasteiger partial charge in [-0.25, -0.2) is 9.97 Å². The second-order valence-corrected chi connectivity index (χ2v) is 7.50. The van der Waals surface area contributed by atoms with Crippen LogP contribution >= 0.6 is 11.6 Å². The lowest BCUT2D eigenvalue weighted by Crippen LogP contribution is -2.27. The van der Waals surface area contributed by atoms with Crippen molar-refractivity contribution in [1.29, 1.82) is 0 Å². The molecule has 1 saturated carbocycles. The van der Waals surface area contributed by atoms with Crippen molar-refractivity contribution in [1.82, 2.24) is 14.5 Å². The van der Waals surface area contributed by atoms with Crippen LogP contribution in [0.5, 0.6) is 0 Å². The maximum Gasteiger partial charge on any atom is 0.160 e. The van der Waals surface area contributed by atoms with Crippen LogP contribution in [-0.2, 0) is 6.54 Å². The van der Waals surface area contributed by atoms with Gasteiger partial charge < -0.3 is 4.57 Å². The first-order chi connectivity index (χ1) is 10.0. The smallest absolute Gasteiger partial charge is 0.160 e. The van der Waals surface area contributed by atoms with Crippen LogP contribution in [0.25, 0.3) is 11.2 Å². The van der Waals surface area contributed by atoms with Crippen LogP contribution in [0, 0.1) is 12.3 Å². The van der Waals surface area contributed by atoms with Crippen molar-refractivity contribution in [2.45, 2.75) is 64.8 Å². The molecule has 0 saturated heterocycles. The maximum atomic E-state index is 6.38. The van der Waals surface area contributed by atoms with Gasteiger partial charge in [0.2, 0.25) is 0 Å². The molecular formula is C17H24ClN3. The fourth-order valence-corrected chi connectivity index (χ4v) is 3.73. The topological polar surface area (TPSA) is 30.7 Å². The first kappa shape index (κ1) is 14.8. The van der Waals surface area contributed by atoms with Crippen molar-refractivity contribution in [3.05, 3.63) is 23.7 Å². The fourth-order valence-electron chi connectivity index (χ4n) is 3.56. The van der Waals surface area contributed by atoms with Gasteiger partial charge in [0.1, 0.15) is 11.3 Å². The van der Waals surface area contributed by atoms with Gasteiger partial charge in [0.25, 0.3) is 0 Å². The molecule has 0 aliphatic heterocycles. The predicted molar refractivity (Wildman–Crippen MR) is 87.7 cm³/mol. The number of aromatic nitrogens is 3. The standard InChI is InChI=1S/C17H24ClN3/c1-12-7-10-19-16-14(12)20-15(13(2)18)21(16)11-17(3)8-5-4-6-9-17/h7,10,13H,4-6,8-9,11H2,1-3H3. The summed E-state index contributed by atoms with van der Waals surface area (Å²) < 4.78 is 2.27. The zero-order valence-corrected chi connectivity index (χ0v) is 14.0. The van der Waals surface area contributed by atoms with Crippen LogP contribution in [0.1, 0.15) is 62.7 Å². The number of alkyl halides is 1. The normalized spacial score (nSPS) is 19.8. The molecule has 21 heavy (non-hydrogen) atoms. The number of rotatable bonds is 3. The lowest BCUT2D eigenvalue weighted by molar-refractivity contribution is 0.183. The number of imidazole rings is 1. The van der Waals surface area contributed by atoms with E-state index in [0.717, 1.165) is 23.5 Å². The van der Waals surface area contributed by atoms with Crippen molar-refractivity contribution >= 4 is 22.8 Å². The summed E-state index contributed by atoms with van der Waals surface area (Å²) in [7, 11) is 0. The molecular weight excluding hydrogens is 282 g/mol. The molecule has 0 spiro atoms. The number of aryl methyl sites for hydroxylation is 1. The van der Waals surface area contributed by atoms with E-state index in [1.54, 1.807) is 0 Å². The van der Waals surface area contributed by atoms with Gasteiger partial charge in [-0.3, -0.25) is 0 Å². The molecule has 1 aliphatic carbocycles. The highest BCUT2D eigenvalue weighted by Gasteiger charge is 2.30. The highest BCUT2D eigenvalue weighted by Crippen LogP contribution is 2.39. The molecule has 0 amide bonds. The van der Waals surface area contributed by atoms with Crippen LogP contribution in [0.4, 0.5) is 0 Å². The third-order valence-corrected chi connectivity index (χ3v) is 5.02. The van der Waals surface area contributed by atoms with E-state index in [4.69, 9.17) is 16.6 Å². The molecule has 114 valence electrons. The second-order valence-electron chi connectivity index (χ2n) is 6.84. The van der Waals surface area contributed by atoms with Crippen LogP contribution in [0.2, 0.25) is 0 Å². The Hall–Kier alpha value is -1.09. The van der Waals surface area contributed by atoms with Gasteiger partial charge in [-0.1, -0.05) is 26.2 Å². The second kappa shape index (κ2) is 5.60. The quantitative estimate of drug-likeness (QED) is 0.746. The predicted octanol–water partition coefficient (Wildman–Crippen LogP) is 5.01. The lowest BCUT2D eigenvalue weighted by atomic mass is 9.75. The van der Waals surface area contributed by atoms with E-state index in [2.05, 4.69) is 23.4 Å². The number of nitrogens with zero attached hydrogens (tertiary/aromatic N) is 3. The molecule has 1 unspecified atom stereocenters. The zero-order valence-electron chi connectivity index (χ0n) is 13.2. The Labute approximate surface area is 131 Å². The third kappa shape index (κ3) is 2.80. The minimum atomic E-state index is -0.0919. The molecule has 4 heteroatoms. The first-order valence-corrected chi connectivity index (χ1v) is 8.40. The monoisotopic (exact) mass is 305 g/mol.